The quantitative estimate of drug-likeness (QED) is 0.319. The lowest BCUT2D eigenvalue weighted by Gasteiger charge is -2.23. The minimum atomic E-state index is -1.10. The molecule has 3 aromatic rings. The summed E-state index contributed by atoms with van der Waals surface area (Å²) in [6.45, 7) is 0. The number of aliphatic carboxylic acids is 1. The number of benzene rings is 3. The largest absolute Gasteiger partial charge is 0.480 e. The van der Waals surface area contributed by atoms with Crippen molar-refractivity contribution in [2.45, 2.75) is 12.5 Å². The van der Waals surface area contributed by atoms with Crippen molar-refractivity contribution >= 4 is 57.9 Å². The predicted molar refractivity (Wildman–Crippen MR) is 135 cm³/mol. The Morgan fingerprint density at radius 3 is 2.45 bits per heavy atom. The van der Waals surface area contributed by atoms with Crippen LogP contribution in [-0.4, -0.2) is 32.2 Å². The van der Waals surface area contributed by atoms with Crippen LogP contribution in [0.25, 0.3) is 6.08 Å². The van der Waals surface area contributed by atoms with Crippen molar-refractivity contribution in [3.8, 4) is 11.5 Å². The van der Waals surface area contributed by atoms with Crippen LogP contribution in [-0.2, 0) is 16.0 Å². The van der Waals surface area contributed by atoms with Gasteiger partial charge in [-0.05, 0) is 47.5 Å². The van der Waals surface area contributed by atoms with Gasteiger partial charge in [-0.25, -0.2) is 4.79 Å². The molecule has 8 heteroatoms. The van der Waals surface area contributed by atoms with E-state index in [1.165, 1.54) is 4.90 Å². The lowest BCUT2D eigenvalue weighted by molar-refractivity contribution is -0.145. The molecule has 1 aliphatic heterocycles. The van der Waals surface area contributed by atoms with E-state index in [-0.39, 0.29) is 10.7 Å². The molecule has 1 saturated heterocycles. The van der Waals surface area contributed by atoms with Gasteiger partial charge in [0.15, 0.2) is 0 Å². The first-order valence-electron chi connectivity index (χ1n) is 9.98. The molecule has 4 rings (SSSR count). The maximum Gasteiger partial charge on any atom is 0.327 e. The Kier molecular flexibility index (Phi) is 7.13. The summed E-state index contributed by atoms with van der Waals surface area (Å²) in [6.07, 6.45) is 1.85. The van der Waals surface area contributed by atoms with Gasteiger partial charge in [-0.1, -0.05) is 84.1 Å². The summed E-state index contributed by atoms with van der Waals surface area (Å²) in [5.41, 5.74) is 1.54. The topological polar surface area (TPSA) is 66.8 Å². The van der Waals surface area contributed by atoms with E-state index < -0.39 is 17.9 Å². The van der Waals surface area contributed by atoms with Gasteiger partial charge >= 0.3 is 5.97 Å². The van der Waals surface area contributed by atoms with Crippen LogP contribution in [0.15, 0.2) is 83.8 Å². The molecular formula is C25H18ClNO4S2. The molecule has 0 aliphatic carbocycles. The molecule has 1 N–H and O–H groups in total. The van der Waals surface area contributed by atoms with E-state index >= 15 is 0 Å². The van der Waals surface area contributed by atoms with Crippen LogP contribution in [0.3, 0.4) is 0 Å². The van der Waals surface area contributed by atoms with Crippen molar-refractivity contribution in [1.82, 2.24) is 4.90 Å². The summed E-state index contributed by atoms with van der Waals surface area (Å²) in [5.74, 6) is -0.354. The molecule has 1 fully saturated rings. The van der Waals surface area contributed by atoms with E-state index in [0.29, 0.717) is 21.4 Å². The zero-order valence-corrected chi connectivity index (χ0v) is 19.6. The van der Waals surface area contributed by atoms with Crippen molar-refractivity contribution in [3.63, 3.8) is 0 Å². The highest BCUT2D eigenvalue weighted by Crippen LogP contribution is 2.35. The fraction of sp³-hybridized carbons (Fsp3) is 0.0800. The smallest absolute Gasteiger partial charge is 0.327 e. The Morgan fingerprint density at radius 1 is 1.06 bits per heavy atom. The molecule has 166 valence electrons. The number of nitrogens with zero attached hydrogens (tertiary/aromatic N) is 1. The molecule has 3 aromatic carbocycles. The average Bonchev–Trinajstić information content (AvgIpc) is 3.05. The number of hydrogen-bond acceptors (Lipinski definition) is 5. The van der Waals surface area contributed by atoms with Gasteiger partial charge in [0.25, 0.3) is 5.91 Å². The Hall–Kier alpha value is -3.13. The fourth-order valence-electron chi connectivity index (χ4n) is 3.36. The van der Waals surface area contributed by atoms with Crippen LogP contribution in [0.4, 0.5) is 0 Å². The van der Waals surface area contributed by atoms with Crippen LogP contribution >= 0.6 is 35.6 Å². The molecule has 0 unspecified atom stereocenters. The molecule has 0 radical (unpaired) electrons. The van der Waals surface area contributed by atoms with Crippen LogP contribution in [0.1, 0.15) is 11.1 Å². The van der Waals surface area contributed by atoms with Crippen molar-refractivity contribution in [1.29, 1.82) is 0 Å². The van der Waals surface area contributed by atoms with Crippen LogP contribution < -0.4 is 4.74 Å². The van der Waals surface area contributed by atoms with Gasteiger partial charge in [0.2, 0.25) is 0 Å². The molecule has 0 bridgehead atoms. The molecule has 0 saturated carbocycles. The van der Waals surface area contributed by atoms with Crippen LogP contribution in [0.5, 0.6) is 11.5 Å². The number of carboxylic acids is 1. The number of rotatable bonds is 7. The van der Waals surface area contributed by atoms with E-state index in [2.05, 4.69) is 0 Å². The highest BCUT2D eigenvalue weighted by molar-refractivity contribution is 8.26. The zero-order chi connectivity index (χ0) is 23.4. The second-order valence-electron chi connectivity index (χ2n) is 7.23. The first kappa shape index (κ1) is 23.0. The van der Waals surface area contributed by atoms with Crippen molar-refractivity contribution in [2.75, 3.05) is 0 Å². The molecule has 5 nitrogen and oxygen atoms in total. The summed E-state index contributed by atoms with van der Waals surface area (Å²) in [7, 11) is 0. The van der Waals surface area contributed by atoms with Crippen molar-refractivity contribution < 1.29 is 19.4 Å². The number of hydrogen-bond donors (Lipinski definition) is 1. The maximum atomic E-state index is 13.1. The third-order valence-corrected chi connectivity index (χ3v) is 6.45. The second kappa shape index (κ2) is 10.2. The minimum Gasteiger partial charge on any atom is -0.480 e. The predicted octanol–water partition coefficient (Wildman–Crippen LogP) is 6.03. The summed E-state index contributed by atoms with van der Waals surface area (Å²) in [5, 5.41) is 10.4. The van der Waals surface area contributed by atoms with Gasteiger partial charge in [0.1, 0.15) is 21.9 Å². The third-order valence-electron chi connectivity index (χ3n) is 4.88. The van der Waals surface area contributed by atoms with E-state index in [1.807, 2.05) is 42.5 Å². The van der Waals surface area contributed by atoms with Gasteiger partial charge < -0.3 is 9.84 Å². The molecule has 1 heterocycles. The first-order valence-corrected chi connectivity index (χ1v) is 11.6. The minimum absolute atomic E-state index is 0.166. The summed E-state index contributed by atoms with van der Waals surface area (Å²) in [6, 6.07) is 22.4. The highest BCUT2D eigenvalue weighted by atomic mass is 35.5. The van der Waals surface area contributed by atoms with Gasteiger partial charge in [-0.2, -0.15) is 0 Å². The first-order chi connectivity index (χ1) is 15.9. The number of halogens is 1. The van der Waals surface area contributed by atoms with Gasteiger partial charge in [0.05, 0.1) is 4.91 Å². The molecule has 33 heavy (non-hydrogen) atoms. The number of thioether (sulfide) groups is 1. The normalized spacial score (nSPS) is 15.7. The number of carboxylic acid groups (broad SMARTS) is 1. The van der Waals surface area contributed by atoms with E-state index in [0.717, 1.165) is 22.9 Å². The van der Waals surface area contributed by atoms with Crippen molar-refractivity contribution in [3.05, 3.63) is 99.9 Å². The molecule has 1 atom stereocenters. The number of ether oxygens (including phenoxy) is 1. The van der Waals surface area contributed by atoms with Gasteiger partial charge in [-0.15, -0.1) is 0 Å². The van der Waals surface area contributed by atoms with E-state index in [4.69, 9.17) is 28.6 Å². The van der Waals surface area contributed by atoms with Crippen LogP contribution in [0.2, 0.25) is 5.02 Å². The monoisotopic (exact) mass is 495 g/mol. The molecule has 0 aromatic heterocycles. The Balaban J connectivity index is 1.55. The van der Waals surface area contributed by atoms with Crippen LogP contribution in [0, 0.1) is 0 Å². The van der Waals surface area contributed by atoms with E-state index in [9.17, 15) is 14.7 Å². The standard InChI is InChI=1S/C25H18ClNO4S2/c26-18-9-5-11-20(15-18)31-19-10-4-8-17(12-19)14-22-23(28)27(25(32)33-22)21(24(29)30)13-16-6-2-1-3-7-16/h1-12,14-15,21H,13H2,(H,29,30)/b22-14-/t21-/m1/s1. The molecular weight excluding hydrogens is 478 g/mol. The zero-order valence-electron chi connectivity index (χ0n) is 17.2. The lowest BCUT2D eigenvalue weighted by atomic mass is 10.0. The fourth-order valence-corrected chi connectivity index (χ4v) is 4.90. The van der Waals surface area contributed by atoms with Crippen molar-refractivity contribution in [2.24, 2.45) is 0 Å². The van der Waals surface area contributed by atoms with Gasteiger partial charge in [-0.3, -0.25) is 9.69 Å². The maximum absolute atomic E-state index is 13.1. The summed E-state index contributed by atoms with van der Waals surface area (Å²) in [4.78, 5) is 26.6. The van der Waals surface area contributed by atoms with E-state index in [1.54, 1.807) is 42.5 Å². The molecule has 1 amide bonds. The Labute approximate surface area is 205 Å². The number of amides is 1. The molecule has 1 aliphatic rings. The number of thiocarbonyl (C=S) groups is 1. The number of carbonyl (C=O) groups excluding carboxylic acids is 1. The Morgan fingerprint density at radius 2 is 1.76 bits per heavy atom. The average molecular weight is 496 g/mol. The Bertz CT molecular complexity index is 1250. The molecule has 0 spiro atoms. The lowest BCUT2D eigenvalue weighted by Crippen LogP contribution is -2.45. The summed E-state index contributed by atoms with van der Waals surface area (Å²) < 4.78 is 6.07. The third kappa shape index (κ3) is 5.63. The number of carbonyl (C=O) groups is 2. The highest BCUT2D eigenvalue weighted by Gasteiger charge is 2.40. The SMILES string of the molecule is O=C(O)[C@@H](Cc1ccccc1)N1C(=O)/C(=C/c2cccc(Oc3cccc(Cl)c3)c2)SC1=S. The summed E-state index contributed by atoms with van der Waals surface area (Å²) >= 11 is 12.5. The van der Waals surface area contributed by atoms with Gasteiger partial charge in [0, 0.05) is 11.4 Å². The second-order valence-corrected chi connectivity index (χ2v) is 9.34.